The van der Waals surface area contributed by atoms with Crippen molar-refractivity contribution in [1.82, 2.24) is 15.5 Å². The van der Waals surface area contributed by atoms with Crippen molar-refractivity contribution in [2.24, 2.45) is 5.92 Å². The van der Waals surface area contributed by atoms with E-state index in [9.17, 15) is 9.59 Å². The predicted molar refractivity (Wildman–Crippen MR) is 103 cm³/mol. The highest BCUT2D eigenvalue weighted by molar-refractivity contribution is 5.95. The van der Waals surface area contributed by atoms with Gasteiger partial charge in [0.05, 0.1) is 0 Å². The number of anilines is 1. The molecule has 0 bridgehead atoms. The molecule has 3 amide bonds. The summed E-state index contributed by atoms with van der Waals surface area (Å²) >= 11 is 0. The molecule has 1 saturated carbocycles. The predicted octanol–water partition coefficient (Wildman–Crippen LogP) is 2.58. The first-order valence-electron chi connectivity index (χ1n) is 9.61. The number of nitrogens with one attached hydrogen (secondary N) is 3. The van der Waals surface area contributed by atoms with Gasteiger partial charge < -0.3 is 20.9 Å². The van der Waals surface area contributed by atoms with Crippen LogP contribution < -0.4 is 16.0 Å². The summed E-state index contributed by atoms with van der Waals surface area (Å²) in [5.74, 6) is 0.849. The van der Waals surface area contributed by atoms with Crippen LogP contribution in [-0.4, -0.2) is 48.1 Å². The molecule has 1 aromatic rings. The van der Waals surface area contributed by atoms with E-state index >= 15 is 0 Å². The minimum Gasteiger partial charge on any atom is -0.341 e. The number of hydrogen-bond donors (Lipinski definition) is 3. The van der Waals surface area contributed by atoms with Crippen LogP contribution in [0.4, 0.5) is 10.5 Å². The van der Waals surface area contributed by atoms with Gasteiger partial charge in [0.25, 0.3) is 0 Å². The first-order valence-corrected chi connectivity index (χ1v) is 9.61. The first-order chi connectivity index (χ1) is 12.4. The van der Waals surface area contributed by atoms with Gasteiger partial charge in [-0.3, -0.25) is 4.79 Å². The largest absolute Gasteiger partial charge is 0.341 e. The summed E-state index contributed by atoms with van der Waals surface area (Å²) in [5.41, 5.74) is -0.233. The average molecular weight is 358 g/mol. The number of amides is 3. The van der Waals surface area contributed by atoms with E-state index in [1.807, 2.05) is 35.2 Å². The van der Waals surface area contributed by atoms with Crippen molar-refractivity contribution in [3.63, 3.8) is 0 Å². The van der Waals surface area contributed by atoms with E-state index in [2.05, 4.69) is 16.0 Å². The van der Waals surface area contributed by atoms with E-state index in [-0.39, 0.29) is 11.9 Å². The van der Waals surface area contributed by atoms with Crippen LogP contribution >= 0.6 is 0 Å². The molecule has 1 aliphatic heterocycles. The molecule has 1 aromatic carbocycles. The Kier molecular flexibility index (Phi) is 5.81. The zero-order valence-electron chi connectivity index (χ0n) is 15.8. The molecule has 3 rings (SSSR count). The van der Waals surface area contributed by atoms with Crippen molar-refractivity contribution >= 4 is 17.6 Å². The number of nitrogens with zero attached hydrogens (tertiary/aromatic N) is 1. The molecule has 1 aliphatic carbocycles. The normalized spacial score (nSPS) is 18.5. The van der Waals surface area contributed by atoms with Crippen LogP contribution in [0.3, 0.4) is 0 Å². The van der Waals surface area contributed by atoms with E-state index in [1.54, 1.807) is 13.8 Å². The summed E-state index contributed by atoms with van der Waals surface area (Å²) < 4.78 is 0. The van der Waals surface area contributed by atoms with Crippen LogP contribution in [0.25, 0.3) is 0 Å². The molecule has 3 N–H and O–H groups in total. The zero-order chi connectivity index (χ0) is 18.6. The van der Waals surface area contributed by atoms with Gasteiger partial charge in [0.1, 0.15) is 5.54 Å². The van der Waals surface area contributed by atoms with Gasteiger partial charge in [0.2, 0.25) is 5.91 Å². The monoisotopic (exact) mass is 358 g/mol. The van der Waals surface area contributed by atoms with Crippen LogP contribution in [0, 0.1) is 5.92 Å². The number of hydrogen-bond acceptors (Lipinski definition) is 3. The second-order valence-electron chi connectivity index (χ2n) is 7.99. The molecule has 0 aromatic heterocycles. The van der Waals surface area contributed by atoms with Gasteiger partial charge in [0, 0.05) is 24.8 Å². The Morgan fingerprint density at radius 3 is 2.35 bits per heavy atom. The molecule has 6 nitrogen and oxygen atoms in total. The Balaban J connectivity index is 1.45. The molecule has 2 aliphatic rings. The second-order valence-corrected chi connectivity index (χ2v) is 7.99. The molecule has 6 heteroatoms. The fraction of sp³-hybridized carbons (Fsp3) is 0.600. The lowest BCUT2D eigenvalue weighted by Crippen LogP contribution is -2.58. The number of para-hydroxylation sites is 1. The van der Waals surface area contributed by atoms with Crippen LogP contribution in [0.15, 0.2) is 30.3 Å². The van der Waals surface area contributed by atoms with Crippen molar-refractivity contribution in [2.75, 3.05) is 25.0 Å². The maximum absolute atomic E-state index is 12.9. The quantitative estimate of drug-likeness (QED) is 0.732. The Bertz CT molecular complexity index is 620. The lowest BCUT2D eigenvalue weighted by atomic mass is 9.99. The third-order valence-electron chi connectivity index (χ3n) is 5.17. The zero-order valence-corrected chi connectivity index (χ0v) is 15.8. The summed E-state index contributed by atoms with van der Waals surface area (Å²) in [6.07, 6.45) is 4.67. The summed E-state index contributed by atoms with van der Waals surface area (Å²) in [5, 5.41) is 9.19. The Morgan fingerprint density at radius 1 is 1.08 bits per heavy atom. The highest BCUT2D eigenvalue weighted by Crippen LogP contribution is 2.28. The number of rotatable bonds is 6. The molecular weight excluding hydrogens is 328 g/mol. The van der Waals surface area contributed by atoms with E-state index in [1.165, 1.54) is 12.8 Å². The summed E-state index contributed by atoms with van der Waals surface area (Å²) in [7, 11) is 0. The van der Waals surface area contributed by atoms with Gasteiger partial charge >= 0.3 is 6.03 Å². The van der Waals surface area contributed by atoms with Crippen LogP contribution in [-0.2, 0) is 4.79 Å². The lowest BCUT2D eigenvalue weighted by molar-refractivity contribution is -0.137. The summed E-state index contributed by atoms with van der Waals surface area (Å²) in [6, 6.07) is 9.37. The first kappa shape index (κ1) is 18.7. The van der Waals surface area contributed by atoms with Gasteiger partial charge in [0.15, 0.2) is 0 Å². The van der Waals surface area contributed by atoms with Crippen LogP contribution in [0.5, 0.6) is 0 Å². The van der Waals surface area contributed by atoms with Gasteiger partial charge in [-0.1, -0.05) is 18.2 Å². The fourth-order valence-corrected chi connectivity index (χ4v) is 3.36. The maximum Gasteiger partial charge on any atom is 0.320 e. The van der Waals surface area contributed by atoms with E-state index in [4.69, 9.17) is 0 Å². The molecular formula is C20H30N4O2. The minimum absolute atomic E-state index is 0.0265. The van der Waals surface area contributed by atoms with Crippen molar-refractivity contribution in [1.29, 1.82) is 0 Å². The standard InChI is InChI=1S/C20H30N4O2/c1-20(2,23-19(26)22-17-6-4-3-5-7-17)18(25)24-12-10-16(11-13-24)21-14-15-8-9-15/h3-7,15-16,21H,8-14H2,1-2H3,(H2,22,23,26). The van der Waals surface area contributed by atoms with Crippen molar-refractivity contribution < 1.29 is 9.59 Å². The van der Waals surface area contributed by atoms with Gasteiger partial charge in [-0.25, -0.2) is 4.79 Å². The molecule has 0 unspecified atom stereocenters. The molecule has 0 spiro atoms. The van der Waals surface area contributed by atoms with Gasteiger partial charge in [-0.15, -0.1) is 0 Å². The molecule has 1 saturated heterocycles. The Labute approximate surface area is 155 Å². The molecule has 2 fully saturated rings. The minimum atomic E-state index is -0.937. The molecule has 0 radical (unpaired) electrons. The maximum atomic E-state index is 12.9. The van der Waals surface area contributed by atoms with E-state index in [0.717, 1.165) is 38.4 Å². The Morgan fingerprint density at radius 2 is 1.73 bits per heavy atom. The van der Waals surface area contributed by atoms with Gasteiger partial charge in [-0.2, -0.15) is 0 Å². The third kappa shape index (κ3) is 5.21. The number of carbonyl (C=O) groups excluding carboxylic acids is 2. The number of likely N-dealkylation sites (tertiary alicyclic amines) is 1. The SMILES string of the molecule is CC(C)(NC(=O)Nc1ccccc1)C(=O)N1CCC(NCC2CC2)CC1. The second kappa shape index (κ2) is 8.08. The highest BCUT2D eigenvalue weighted by Gasteiger charge is 2.35. The van der Waals surface area contributed by atoms with Crippen molar-refractivity contribution in [2.45, 2.75) is 51.1 Å². The summed E-state index contributed by atoms with van der Waals surface area (Å²) in [4.78, 5) is 26.9. The smallest absolute Gasteiger partial charge is 0.320 e. The van der Waals surface area contributed by atoms with Crippen LogP contribution in [0.1, 0.15) is 39.5 Å². The number of urea groups is 1. The van der Waals surface area contributed by atoms with Gasteiger partial charge in [-0.05, 0) is 64.1 Å². The number of benzene rings is 1. The number of piperidine rings is 1. The average Bonchev–Trinajstić information content (AvgIpc) is 3.44. The molecule has 0 atom stereocenters. The lowest BCUT2D eigenvalue weighted by Gasteiger charge is -2.37. The molecule has 1 heterocycles. The molecule has 142 valence electrons. The number of carbonyl (C=O) groups is 2. The molecule has 26 heavy (non-hydrogen) atoms. The van der Waals surface area contributed by atoms with Crippen LogP contribution in [0.2, 0.25) is 0 Å². The topological polar surface area (TPSA) is 73.5 Å². The Hall–Kier alpha value is -2.08. The van der Waals surface area contributed by atoms with Crippen molar-refractivity contribution in [3.8, 4) is 0 Å². The van der Waals surface area contributed by atoms with Crippen molar-refractivity contribution in [3.05, 3.63) is 30.3 Å². The summed E-state index contributed by atoms with van der Waals surface area (Å²) in [6.45, 7) is 6.12. The van der Waals surface area contributed by atoms with E-state index < -0.39 is 5.54 Å². The highest BCUT2D eigenvalue weighted by atomic mass is 16.2. The fourth-order valence-electron chi connectivity index (χ4n) is 3.36. The third-order valence-corrected chi connectivity index (χ3v) is 5.17. The van der Waals surface area contributed by atoms with E-state index in [0.29, 0.717) is 11.7 Å².